The number of aliphatic hydroxyl groups excluding tert-OH is 2. The zero-order chi connectivity index (χ0) is 25.2. The van der Waals surface area contributed by atoms with E-state index in [1.807, 2.05) is 0 Å². The number of halogens is 4. The van der Waals surface area contributed by atoms with Crippen LogP contribution in [0.15, 0.2) is 60.7 Å². The van der Waals surface area contributed by atoms with E-state index < -0.39 is 36.2 Å². The molecule has 1 aromatic heterocycles. The van der Waals surface area contributed by atoms with Crippen LogP contribution in [-0.2, 0) is 6.18 Å². The third kappa shape index (κ3) is 5.42. The van der Waals surface area contributed by atoms with E-state index in [-0.39, 0.29) is 29.1 Å². The van der Waals surface area contributed by atoms with Crippen LogP contribution in [0.1, 0.15) is 15.9 Å². The van der Waals surface area contributed by atoms with Gasteiger partial charge in [-0.15, -0.1) is 0 Å². The van der Waals surface area contributed by atoms with Gasteiger partial charge in [0.2, 0.25) is 0 Å². The fraction of sp³-hybridized carbons (Fsp3) is 0.167. The molecule has 0 radical (unpaired) electrons. The summed E-state index contributed by atoms with van der Waals surface area (Å²) in [5, 5.41) is 21.0. The van der Waals surface area contributed by atoms with Gasteiger partial charge in [-0.3, -0.25) is 4.79 Å². The van der Waals surface area contributed by atoms with E-state index >= 15 is 0 Å². The van der Waals surface area contributed by atoms with Crippen molar-refractivity contribution in [3.63, 3.8) is 0 Å². The molecule has 7 nitrogen and oxygen atoms in total. The maximum atomic E-state index is 13.5. The molecular formula is C24H19F4N3O4. The van der Waals surface area contributed by atoms with Gasteiger partial charge < -0.3 is 25.3 Å². The predicted molar refractivity (Wildman–Crippen MR) is 119 cm³/mol. The highest BCUT2D eigenvalue weighted by atomic mass is 19.4. The molecule has 0 bridgehead atoms. The summed E-state index contributed by atoms with van der Waals surface area (Å²) in [6, 6.07) is 13.2. The van der Waals surface area contributed by atoms with Crippen LogP contribution in [-0.4, -0.2) is 45.4 Å². The van der Waals surface area contributed by atoms with Crippen LogP contribution in [0.25, 0.3) is 22.4 Å². The maximum Gasteiger partial charge on any atom is 0.417 e. The molecule has 0 aliphatic heterocycles. The van der Waals surface area contributed by atoms with Crippen LogP contribution in [0.5, 0.6) is 5.75 Å². The molecule has 0 fully saturated rings. The lowest BCUT2D eigenvalue weighted by Crippen LogP contribution is -2.21. The van der Waals surface area contributed by atoms with Crippen molar-refractivity contribution < 1.29 is 37.3 Å². The Kier molecular flexibility index (Phi) is 6.72. The Morgan fingerprint density at radius 3 is 2.63 bits per heavy atom. The summed E-state index contributed by atoms with van der Waals surface area (Å²) in [5.74, 6) is -1.43. The molecule has 4 aromatic rings. The molecule has 1 heterocycles. The smallest absolute Gasteiger partial charge is 0.417 e. The average molecular weight is 489 g/mol. The number of aliphatic hydroxyl groups is 2. The van der Waals surface area contributed by atoms with Crippen molar-refractivity contribution >= 4 is 22.6 Å². The number of aromatic nitrogens is 2. The van der Waals surface area contributed by atoms with Crippen LogP contribution < -0.4 is 10.1 Å². The molecule has 0 saturated heterocycles. The largest absolute Gasteiger partial charge is 0.491 e. The number of para-hydroxylation sites is 1. The molecule has 182 valence electrons. The Balaban J connectivity index is 1.63. The number of carbonyl (C=O) groups is 1. The molecule has 4 N–H and O–H groups in total. The number of imidazole rings is 1. The highest BCUT2D eigenvalue weighted by molar-refractivity contribution is 6.11. The van der Waals surface area contributed by atoms with E-state index in [0.29, 0.717) is 23.0 Å². The van der Waals surface area contributed by atoms with E-state index in [4.69, 9.17) is 9.84 Å². The topological polar surface area (TPSA) is 107 Å². The zero-order valence-electron chi connectivity index (χ0n) is 17.9. The number of amides is 1. The average Bonchev–Trinajstić information content (AvgIpc) is 3.26. The first-order chi connectivity index (χ1) is 16.7. The van der Waals surface area contributed by atoms with Crippen molar-refractivity contribution in [3.05, 3.63) is 77.6 Å². The molecular weight excluding hydrogens is 470 g/mol. The number of hydrogen-bond acceptors (Lipinski definition) is 5. The van der Waals surface area contributed by atoms with Crippen molar-refractivity contribution in [2.24, 2.45) is 0 Å². The van der Waals surface area contributed by atoms with Crippen molar-refractivity contribution in [3.8, 4) is 17.1 Å². The highest BCUT2D eigenvalue weighted by Gasteiger charge is 2.35. The summed E-state index contributed by atoms with van der Waals surface area (Å²) in [6.45, 7) is -0.610. The van der Waals surface area contributed by atoms with Gasteiger partial charge in [0, 0.05) is 17.3 Å². The zero-order valence-corrected chi connectivity index (χ0v) is 17.9. The van der Waals surface area contributed by atoms with Gasteiger partial charge in [0.15, 0.2) is 0 Å². The highest BCUT2D eigenvalue weighted by Crippen LogP contribution is 2.37. The molecule has 0 saturated carbocycles. The van der Waals surface area contributed by atoms with Crippen LogP contribution >= 0.6 is 0 Å². The van der Waals surface area contributed by atoms with Crippen LogP contribution in [0.3, 0.4) is 0 Å². The Bertz CT molecular complexity index is 1370. The third-order valence-corrected chi connectivity index (χ3v) is 5.04. The normalized spacial score (nSPS) is 12.5. The van der Waals surface area contributed by atoms with Gasteiger partial charge in [-0.2, -0.15) is 13.2 Å². The summed E-state index contributed by atoms with van der Waals surface area (Å²) in [5.41, 5.74) is -0.627. The summed E-state index contributed by atoms with van der Waals surface area (Å²) in [4.78, 5) is 19.9. The van der Waals surface area contributed by atoms with Crippen molar-refractivity contribution in [1.82, 2.24) is 9.97 Å². The summed E-state index contributed by atoms with van der Waals surface area (Å²) in [7, 11) is 0. The molecule has 0 aliphatic rings. The lowest BCUT2D eigenvalue weighted by atomic mass is 10.1. The first-order valence-corrected chi connectivity index (χ1v) is 10.3. The number of nitrogens with zero attached hydrogens (tertiary/aromatic N) is 1. The van der Waals surface area contributed by atoms with Crippen LogP contribution in [0.2, 0.25) is 0 Å². The van der Waals surface area contributed by atoms with E-state index in [1.165, 1.54) is 12.1 Å². The molecule has 4 rings (SSSR count). The van der Waals surface area contributed by atoms with Crippen molar-refractivity contribution in [2.75, 3.05) is 18.5 Å². The summed E-state index contributed by atoms with van der Waals surface area (Å²) >= 11 is 0. The first-order valence-electron chi connectivity index (χ1n) is 10.3. The molecule has 0 unspecified atom stereocenters. The SMILES string of the molecule is O=C(Nc1cccc(OC[C@H](O)CO)c1)c1cccc2[nH]c(-c3ccc(F)cc3C(F)(F)F)nc12. The number of aromatic amines is 1. The number of fused-ring (bicyclic) bond motifs is 1. The lowest BCUT2D eigenvalue weighted by Gasteiger charge is -2.11. The van der Waals surface area contributed by atoms with Gasteiger partial charge in [0.1, 0.15) is 35.6 Å². The Labute approximate surface area is 196 Å². The minimum absolute atomic E-state index is 0.0997. The van der Waals surface area contributed by atoms with Gasteiger partial charge in [-0.25, -0.2) is 9.37 Å². The molecule has 0 spiro atoms. The molecule has 1 amide bonds. The molecule has 35 heavy (non-hydrogen) atoms. The summed E-state index contributed by atoms with van der Waals surface area (Å²) < 4.78 is 59.2. The molecule has 1 atom stereocenters. The number of benzene rings is 3. The van der Waals surface area contributed by atoms with Crippen LogP contribution in [0.4, 0.5) is 23.2 Å². The second kappa shape index (κ2) is 9.72. The third-order valence-electron chi connectivity index (χ3n) is 5.04. The monoisotopic (exact) mass is 489 g/mol. The number of H-pyrrole nitrogens is 1. The number of rotatable bonds is 7. The Morgan fingerprint density at radius 1 is 1.11 bits per heavy atom. The maximum absolute atomic E-state index is 13.5. The second-order valence-electron chi connectivity index (χ2n) is 7.60. The van der Waals surface area contributed by atoms with E-state index in [2.05, 4.69) is 15.3 Å². The van der Waals surface area contributed by atoms with E-state index in [9.17, 15) is 27.5 Å². The molecule has 3 aromatic carbocycles. The number of alkyl halides is 3. The van der Waals surface area contributed by atoms with Crippen LogP contribution in [0, 0.1) is 5.82 Å². The van der Waals surface area contributed by atoms with E-state index in [0.717, 1.165) is 12.1 Å². The quantitative estimate of drug-likeness (QED) is 0.289. The van der Waals surface area contributed by atoms with Gasteiger partial charge in [0.05, 0.1) is 23.3 Å². The number of nitrogens with one attached hydrogen (secondary N) is 2. The standard InChI is InChI=1S/C24H19F4N3O4/c25-13-7-8-17(19(9-13)24(26,27)28)22-30-20-6-2-5-18(21(20)31-22)23(34)29-14-3-1-4-16(10-14)35-12-15(33)11-32/h1-10,15,32-33H,11-12H2,(H,29,34)(H,30,31)/t15-/m1/s1. The fourth-order valence-corrected chi connectivity index (χ4v) is 3.41. The Morgan fingerprint density at radius 2 is 1.89 bits per heavy atom. The fourth-order valence-electron chi connectivity index (χ4n) is 3.41. The number of ether oxygens (including phenoxy) is 1. The molecule has 0 aliphatic carbocycles. The van der Waals surface area contributed by atoms with Gasteiger partial charge >= 0.3 is 6.18 Å². The second-order valence-corrected chi connectivity index (χ2v) is 7.60. The number of carbonyl (C=O) groups excluding carboxylic acids is 1. The minimum atomic E-state index is -4.81. The molecule has 11 heteroatoms. The van der Waals surface area contributed by atoms with E-state index in [1.54, 1.807) is 30.3 Å². The predicted octanol–water partition coefficient (Wildman–Crippen LogP) is 4.37. The van der Waals surface area contributed by atoms with Crippen molar-refractivity contribution in [2.45, 2.75) is 12.3 Å². The summed E-state index contributed by atoms with van der Waals surface area (Å²) in [6.07, 6.45) is -5.87. The van der Waals surface area contributed by atoms with Gasteiger partial charge in [0.25, 0.3) is 5.91 Å². The van der Waals surface area contributed by atoms with Crippen molar-refractivity contribution in [1.29, 1.82) is 0 Å². The van der Waals surface area contributed by atoms with Gasteiger partial charge in [-0.1, -0.05) is 12.1 Å². The lowest BCUT2D eigenvalue weighted by molar-refractivity contribution is -0.137. The first kappa shape index (κ1) is 24.2. The van der Waals surface area contributed by atoms with Gasteiger partial charge in [-0.05, 0) is 42.5 Å². The number of hydrogen-bond donors (Lipinski definition) is 4. The minimum Gasteiger partial charge on any atom is -0.491 e. The number of anilines is 1. The Hall–Kier alpha value is -3.96.